The molecule has 0 aliphatic rings. The largest absolute Gasteiger partial charge is 0.419 e. The van der Waals surface area contributed by atoms with Crippen molar-refractivity contribution < 1.29 is 27.2 Å². The summed E-state index contributed by atoms with van der Waals surface area (Å²) in [5.74, 6) is -3.13. The Morgan fingerprint density at radius 1 is 0.970 bits per heavy atom. The van der Waals surface area contributed by atoms with Gasteiger partial charge in [0.2, 0.25) is 0 Å². The maximum absolute atomic E-state index is 14.3. The summed E-state index contributed by atoms with van der Waals surface area (Å²) in [5.41, 5.74) is -0.504. The number of nitrogens with one attached hydrogen (secondary N) is 2. The van der Waals surface area contributed by atoms with Gasteiger partial charge in [-0.15, -0.1) is 11.3 Å². The molecular formula is C22H14F4N4O2S. The van der Waals surface area contributed by atoms with Crippen molar-refractivity contribution in [3.8, 4) is 0 Å². The summed E-state index contributed by atoms with van der Waals surface area (Å²) in [7, 11) is 0. The molecule has 0 aliphatic carbocycles. The number of nitrogens with zero attached hydrogens (tertiary/aromatic N) is 2. The van der Waals surface area contributed by atoms with E-state index in [0.717, 1.165) is 23.5 Å². The molecule has 33 heavy (non-hydrogen) atoms. The molecule has 0 atom stereocenters. The molecular weight excluding hydrogens is 460 g/mol. The van der Waals surface area contributed by atoms with Crippen molar-refractivity contribution in [2.75, 3.05) is 10.6 Å². The standard InChI is InChI=1S/C22H14F4N4O2S/c1-11-5-6-12(29-19(31)13-3-2-4-14(18(13)23)22(24,25)26)9-15(11)30-20(32)17-10-16-21(33-17)28-8-7-27-16/h2-10H,1H3,(H,29,31)(H,30,32). The van der Waals surface area contributed by atoms with Gasteiger partial charge >= 0.3 is 6.18 Å². The summed E-state index contributed by atoms with van der Waals surface area (Å²) in [6, 6.07) is 8.59. The van der Waals surface area contributed by atoms with Gasteiger partial charge in [-0.3, -0.25) is 14.6 Å². The smallest absolute Gasteiger partial charge is 0.322 e. The highest BCUT2D eigenvalue weighted by atomic mass is 32.1. The van der Waals surface area contributed by atoms with Crippen LogP contribution in [0.4, 0.5) is 28.9 Å². The molecule has 2 N–H and O–H groups in total. The number of carbonyl (C=O) groups is 2. The summed E-state index contributed by atoms with van der Waals surface area (Å²) >= 11 is 1.16. The Morgan fingerprint density at radius 3 is 2.45 bits per heavy atom. The Morgan fingerprint density at radius 2 is 1.73 bits per heavy atom. The van der Waals surface area contributed by atoms with Gasteiger partial charge in [0, 0.05) is 23.8 Å². The van der Waals surface area contributed by atoms with Gasteiger partial charge in [0.1, 0.15) is 16.2 Å². The Balaban J connectivity index is 1.55. The van der Waals surface area contributed by atoms with E-state index in [2.05, 4.69) is 20.6 Å². The summed E-state index contributed by atoms with van der Waals surface area (Å²) in [5, 5.41) is 5.09. The molecule has 0 saturated carbocycles. The summed E-state index contributed by atoms with van der Waals surface area (Å²) in [4.78, 5) is 34.3. The third-order valence-corrected chi connectivity index (χ3v) is 5.71. The second-order valence-electron chi connectivity index (χ2n) is 6.96. The molecule has 0 aliphatic heterocycles. The average Bonchev–Trinajstić information content (AvgIpc) is 3.20. The fraction of sp³-hybridized carbons (Fsp3) is 0.0909. The Hall–Kier alpha value is -3.86. The molecule has 0 fully saturated rings. The lowest BCUT2D eigenvalue weighted by atomic mass is 10.1. The van der Waals surface area contributed by atoms with Crippen molar-refractivity contribution in [2.24, 2.45) is 0 Å². The molecule has 2 amide bonds. The number of aryl methyl sites for hydroxylation is 1. The van der Waals surface area contributed by atoms with Gasteiger partial charge < -0.3 is 10.6 Å². The number of halogens is 4. The quantitative estimate of drug-likeness (QED) is 0.374. The number of anilines is 2. The molecule has 0 unspecified atom stereocenters. The Labute approximate surface area is 188 Å². The lowest BCUT2D eigenvalue weighted by Crippen LogP contribution is -2.18. The zero-order valence-electron chi connectivity index (χ0n) is 16.8. The van der Waals surface area contributed by atoms with Crippen molar-refractivity contribution in [3.05, 3.63) is 82.2 Å². The number of hydrogen-bond donors (Lipinski definition) is 2. The molecule has 0 bridgehead atoms. The molecule has 6 nitrogen and oxygen atoms in total. The fourth-order valence-corrected chi connectivity index (χ4v) is 3.88. The van der Waals surface area contributed by atoms with E-state index in [1.54, 1.807) is 19.1 Å². The van der Waals surface area contributed by atoms with E-state index in [1.807, 2.05) is 0 Å². The van der Waals surface area contributed by atoms with Gasteiger partial charge in [0.05, 0.1) is 16.0 Å². The predicted molar refractivity (Wildman–Crippen MR) is 116 cm³/mol. The highest BCUT2D eigenvalue weighted by molar-refractivity contribution is 7.20. The highest BCUT2D eigenvalue weighted by Crippen LogP contribution is 2.33. The van der Waals surface area contributed by atoms with Crippen molar-refractivity contribution in [1.82, 2.24) is 9.97 Å². The first-order chi connectivity index (χ1) is 15.6. The molecule has 11 heteroatoms. The SMILES string of the molecule is Cc1ccc(NC(=O)c2cccc(C(F)(F)F)c2F)cc1NC(=O)c1cc2nccnc2s1. The van der Waals surface area contributed by atoms with Gasteiger partial charge in [-0.1, -0.05) is 12.1 Å². The number of hydrogen-bond acceptors (Lipinski definition) is 5. The van der Waals surface area contributed by atoms with Gasteiger partial charge in [-0.2, -0.15) is 13.2 Å². The summed E-state index contributed by atoms with van der Waals surface area (Å²) < 4.78 is 53.0. The molecule has 168 valence electrons. The van der Waals surface area contributed by atoms with Crippen LogP contribution in [0.3, 0.4) is 0 Å². The number of fused-ring (bicyclic) bond motifs is 1. The zero-order valence-corrected chi connectivity index (χ0v) is 17.6. The zero-order chi connectivity index (χ0) is 23.8. The van der Waals surface area contributed by atoms with Crippen LogP contribution in [-0.4, -0.2) is 21.8 Å². The maximum Gasteiger partial charge on any atom is 0.419 e. The number of amides is 2. The van der Waals surface area contributed by atoms with Crippen LogP contribution in [-0.2, 0) is 6.18 Å². The van der Waals surface area contributed by atoms with Crippen molar-refractivity contribution in [2.45, 2.75) is 13.1 Å². The lowest BCUT2D eigenvalue weighted by Gasteiger charge is -2.13. The van der Waals surface area contributed by atoms with E-state index in [0.29, 0.717) is 32.5 Å². The van der Waals surface area contributed by atoms with Crippen molar-refractivity contribution in [3.63, 3.8) is 0 Å². The number of rotatable bonds is 4. The first kappa shape index (κ1) is 22.3. The summed E-state index contributed by atoms with van der Waals surface area (Å²) in [6.45, 7) is 1.72. The number of aromatic nitrogens is 2. The fourth-order valence-electron chi connectivity index (χ4n) is 3.03. The van der Waals surface area contributed by atoms with Crippen LogP contribution >= 0.6 is 11.3 Å². The number of benzene rings is 2. The number of alkyl halides is 3. The van der Waals surface area contributed by atoms with E-state index in [-0.39, 0.29) is 5.69 Å². The van der Waals surface area contributed by atoms with Crippen LogP contribution in [0.2, 0.25) is 0 Å². The summed E-state index contributed by atoms with van der Waals surface area (Å²) in [6.07, 6.45) is -1.90. The van der Waals surface area contributed by atoms with E-state index in [1.165, 1.54) is 24.5 Å². The second-order valence-corrected chi connectivity index (χ2v) is 7.99. The van der Waals surface area contributed by atoms with Gasteiger partial charge in [-0.25, -0.2) is 9.37 Å². The van der Waals surface area contributed by atoms with Crippen molar-refractivity contribution in [1.29, 1.82) is 0 Å². The van der Waals surface area contributed by atoms with Crippen LogP contribution in [0.1, 0.15) is 31.2 Å². The molecule has 4 aromatic rings. The third kappa shape index (κ3) is 4.67. The van der Waals surface area contributed by atoms with Crippen LogP contribution in [0.5, 0.6) is 0 Å². The van der Waals surface area contributed by atoms with Crippen LogP contribution in [0, 0.1) is 12.7 Å². The first-order valence-electron chi connectivity index (χ1n) is 9.43. The Bertz CT molecular complexity index is 1350. The van der Waals surface area contributed by atoms with E-state index in [9.17, 15) is 27.2 Å². The minimum absolute atomic E-state index is 0.164. The van der Waals surface area contributed by atoms with E-state index in [4.69, 9.17) is 0 Å². The maximum atomic E-state index is 14.3. The molecule has 4 rings (SSSR count). The minimum atomic E-state index is -4.93. The van der Waals surface area contributed by atoms with Gasteiger partial charge in [0.15, 0.2) is 0 Å². The monoisotopic (exact) mass is 474 g/mol. The molecule has 2 aromatic heterocycles. The van der Waals surface area contributed by atoms with E-state index < -0.39 is 34.9 Å². The average molecular weight is 474 g/mol. The predicted octanol–water partition coefficient (Wildman–Crippen LogP) is 5.66. The van der Waals surface area contributed by atoms with E-state index >= 15 is 0 Å². The van der Waals surface area contributed by atoms with Crippen LogP contribution in [0.25, 0.3) is 10.3 Å². The van der Waals surface area contributed by atoms with Crippen LogP contribution in [0.15, 0.2) is 54.9 Å². The first-order valence-corrected chi connectivity index (χ1v) is 10.2. The Kier molecular flexibility index (Phi) is 5.81. The van der Waals surface area contributed by atoms with Gasteiger partial charge in [0.25, 0.3) is 11.8 Å². The lowest BCUT2D eigenvalue weighted by molar-refractivity contribution is -0.140. The highest BCUT2D eigenvalue weighted by Gasteiger charge is 2.35. The molecule has 2 aromatic carbocycles. The van der Waals surface area contributed by atoms with Crippen molar-refractivity contribution >= 4 is 44.9 Å². The molecule has 0 saturated heterocycles. The minimum Gasteiger partial charge on any atom is -0.322 e. The molecule has 0 radical (unpaired) electrons. The normalized spacial score (nSPS) is 11.4. The topological polar surface area (TPSA) is 84.0 Å². The second kappa shape index (κ2) is 8.58. The van der Waals surface area contributed by atoms with Crippen LogP contribution < -0.4 is 10.6 Å². The van der Waals surface area contributed by atoms with Gasteiger partial charge in [-0.05, 0) is 42.8 Å². The third-order valence-electron chi connectivity index (χ3n) is 4.68. The molecule has 2 heterocycles. The molecule has 0 spiro atoms. The number of carbonyl (C=O) groups excluding carboxylic acids is 2. The number of thiophene rings is 1.